The first kappa shape index (κ1) is 15.0. The molecule has 0 N–H and O–H groups in total. The summed E-state index contributed by atoms with van der Waals surface area (Å²) in [4.78, 5) is 15.9. The largest absolute Gasteiger partial charge is 0.293 e. The maximum Gasteiger partial charge on any atom is 0.159 e. The average molecular weight is 316 g/mol. The molecule has 1 aromatic carbocycles. The first-order valence-electron chi connectivity index (χ1n) is 8.31. The molecule has 3 heterocycles. The van der Waals surface area contributed by atoms with Crippen molar-refractivity contribution >= 4 is 0 Å². The highest BCUT2D eigenvalue weighted by molar-refractivity contribution is 5.55. The first-order chi connectivity index (χ1) is 11.8. The normalized spacial score (nSPS) is 14.4. The molecule has 4 rings (SSSR count). The first-order valence-corrected chi connectivity index (χ1v) is 8.31. The summed E-state index contributed by atoms with van der Waals surface area (Å²) in [6, 6.07) is 12.5. The molecule has 3 aromatic rings. The van der Waals surface area contributed by atoms with Crippen molar-refractivity contribution in [2.75, 3.05) is 6.54 Å². The van der Waals surface area contributed by atoms with Gasteiger partial charge in [-0.1, -0.05) is 29.8 Å². The second-order valence-corrected chi connectivity index (χ2v) is 6.35. The Hall–Kier alpha value is -2.59. The number of fused-ring (bicyclic) bond motifs is 1. The summed E-state index contributed by atoms with van der Waals surface area (Å²) in [5.74, 6) is 0.819. The van der Waals surface area contributed by atoms with Gasteiger partial charge in [0.05, 0.1) is 5.69 Å². The maximum atomic E-state index is 4.84. The van der Waals surface area contributed by atoms with Crippen molar-refractivity contribution in [1.29, 1.82) is 0 Å². The number of hydrogen-bond donors (Lipinski definition) is 0. The van der Waals surface area contributed by atoms with Gasteiger partial charge < -0.3 is 0 Å². The highest BCUT2D eigenvalue weighted by Crippen LogP contribution is 2.22. The summed E-state index contributed by atoms with van der Waals surface area (Å²) >= 11 is 0. The van der Waals surface area contributed by atoms with Crippen molar-refractivity contribution in [3.05, 3.63) is 77.4 Å². The van der Waals surface area contributed by atoms with E-state index in [1.54, 1.807) is 0 Å². The Labute approximate surface area is 142 Å². The van der Waals surface area contributed by atoms with E-state index in [0.717, 1.165) is 43.1 Å². The number of pyridine rings is 1. The van der Waals surface area contributed by atoms with E-state index in [-0.39, 0.29) is 0 Å². The van der Waals surface area contributed by atoms with Crippen LogP contribution in [-0.2, 0) is 19.5 Å². The lowest BCUT2D eigenvalue weighted by Crippen LogP contribution is -2.31. The van der Waals surface area contributed by atoms with E-state index in [2.05, 4.69) is 58.2 Å². The van der Waals surface area contributed by atoms with E-state index in [4.69, 9.17) is 4.98 Å². The summed E-state index contributed by atoms with van der Waals surface area (Å²) in [7, 11) is 0. The standard InChI is InChI=1S/C20H20N4/c1-15-2-4-17(5-3-15)20-22-12-18-8-11-24(14-19(18)23-20)13-16-6-9-21-10-7-16/h2-7,9-10,12H,8,11,13-14H2,1H3. The van der Waals surface area contributed by atoms with Gasteiger partial charge >= 0.3 is 0 Å². The van der Waals surface area contributed by atoms with Gasteiger partial charge in [-0.3, -0.25) is 9.88 Å². The van der Waals surface area contributed by atoms with Gasteiger partial charge in [0.2, 0.25) is 0 Å². The lowest BCUT2D eigenvalue weighted by molar-refractivity contribution is 0.241. The summed E-state index contributed by atoms with van der Waals surface area (Å²) in [6.07, 6.45) is 6.71. The van der Waals surface area contributed by atoms with Crippen LogP contribution in [0.4, 0.5) is 0 Å². The summed E-state index contributed by atoms with van der Waals surface area (Å²) < 4.78 is 0. The van der Waals surface area contributed by atoms with Gasteiger partial charge in [-0.15, -0.1) is 0 Å². The van der Waals surface area contributed by atoms with E-state index in [1.165, 1.54) is 16.7 Å². The van der Waals surface area contributed by atoms with Crippen LogP contribution < -0.4 is 0 Å². The van der Waals surface area contributed by atoms with Crippen molar-refractivity contribution < 1.29 is 0 Å². The molecule has 4 heteroatoms. The SMILES string of the molecule is Cc1ccc(-c2ncc3c(n2)CN(Cc2ccncc2)CC3)cc1. The van der Waals surface area contributed by atoms with Crippen molar-refractivity contribution in [3.63, 3.8) is 0 Å². The molecule has 0 atom stereocenters. The number of aryl methyl sites for hydroxylation is 1. The van der Waals surface area contributed by atoms with Gasteiger partial charge in [-0.05, 0) is 36.6 Å². The average Bonchev–Trinajstić information content (AvgIpc) is 2.63. The lowest BCUT2D eigenvalue weighted by Gasteiger charge is -2.28. The Bertz CT molecular complexity index is 828. The number of hydrogen-bond acceptors (Lipinski definition) is 4. The van der Waals surface area contributed by atoms with Gasteiger partial charge in [-0.2, -0.15) is 0 Å². The topological polar surface area (TPSA) is 41.9 Å². The maximum absolute atomic E-state index is 4.84. The van der Waals surface area contributed by atoms with Crippen LogP contribution in [0.5, 0.6) is 0 Å². The Morgan fingerprint density at radius 3 is 2.62 bits per heavy atom. The predicted molar refractivity (Wildman–Crippen MR) is 94.3 cm³/mol. The summed E-state index contributed by atoms with van der Waals surface area (Å²) in [5, 5.41) is 0. The molecule has 0 radical (unpaired) electrons. The van der Waals surface area contributed by atoms with E-state index in [9.17, 15) is 0 Å². The Kier molecular flexibility index (Phi) is 4.05. The zero-order chi connectivity index (χ0) is 16.4. The molecule has 0 aliphatic carbocycles. The molecule has 0 saturated heterocycles. The highest BCUT2D eigenvalue weighted by atomic mass is 15.1. The number of nitrogens with zero attached hydrogens (tertiary/aromatic N) is 4. The molecule has 0 amide bonds. The minimum absolute atomic E-state index is 0.819. The second kappa shape index (κ2) is 6.49. The molecule has 4 nitrogen and oxygen atoms in total. The molecule has 120 valence electrons. The van der Waals surface area contributed by atoms with E-state index in [1.807, 2.05) is 18.6 Å². The van der Waals surface area contributed by atoms with Gasteiger partial charge in [0.15, 0.2) is 5.82 Å². The quantitative estimate of drug-likeness (QED) is 0.742. The minimum atomic E-state index is 0.819. The third kappa shape index (κ3) is 3.19. The molecular weight excluding hydrogens is 296 g/mol. The van der Waals surface area contributed by atoms with Crippen molar-refractivity contribution in [2.24, 2.45) is 0 Å². The fourth-order valence-corrected chi connectivity index (χ4v) is 3.08. The van der Waals surface area contributed by atoms with Crippen LogP contribution >= 0.6 is 0 Å². The fourth-order valence-electron chi connectivity index (χ4n) is 3.08. The van der Waals surface area contributed by atoms with Crippen molar-refractivity contribution in [2.45, 2.75) is 26.4 Å². The van der Waals surface area contributed by atoms with Gasteiger partial charge in [-0.25, -0.2) is 9.97 Å². The number of benzene rings is 1. The van der Waals surface area contributed by atoms with Crippen LogP contribution in [-0.4, -0.2) is 26.4 Å². The Balaban J connectivity index is 1.56. The molecule has 1 aliphatic heterocycles. The van der Waals surface area contributed by atoms with Crippen LogP contribution in [0, 0.1) is 6.92 Å². The number of aromatic nitrogens is 3. The number of rotatable bonds is 3. The Morgan fingerprint density at radius 1 is 1.04 bits per heavy atom. The lowest BCUT2D eigenvalue weighted by atomic mass is 10.1. The van der Waals surface area contributed by atoms with Crippen LogP contribution in [0.1, 0.15) is 22.4 Å². The molecule has 0 fully saturated rings. The summed E-state index contributed by atoms with van der Waals surface area (Å²) in [5.41, 5.74) is 6.05. The smallest absolute Gasteiger partial charge is 0.159 e. The van der Waals surface area contributed by atoms with Gasteiger partial charge in [0.1, 0.15) is 0 Å². The Morgan fingerprint density at radius 2 is 1.83 bits per heavy atom. The van der Waals surface area contributed by atoms with Crippen molar-refractivity contribution in [1.82, 2.24) is 19.9 Å². The fraction of sp³-hybridized carbons (Fsp3) is 0.250. The third-order valence-corrected chi connectivity index (χ3v) is 4.49. The second-order valence-electron chi connectivity index (χ2n) is 6.35. The molecule has 0 spiro atoms. The van der Waals surface area contributed by atoms with Crippen LogP contribution in [0.15, 0.2) is 55.0 Å². The van der Waals surface area contributed by atoms with Crippen molar-refractivity contribution in [3.8, 4) is 11.4 Å². The third-order valence-electron chi connectivity index (χ3n) is 4.49. The zero-order valence-corrected chi connectivity index (χ0v) is 13.8. The van der Waals surface area contributed by atoms with E-state index in [0.29, 0.717) is 0 Å². The van der Waals surface area contributed by atoms with Gasteiger partial charge in [0, 0.05) is 43.8 Å². The van der Waals surface area contributed by atoms with E-state index < -0.39 is 0 Å². The predicted octanol–water partition coefficient (Wildman–Crippen LogP) is 3.41. The van der Waals surface area contributed by atoms with Crippen LogP contribution in [0.2, 0.25) is 0 Å². The van der Waals surface area contributed by atoms with Crippen LogP contribution in [0.25, 0.3) is 11.4 Å². The molecule has 0 bridgehead atoms. The van der Waals surface area contributed by atoms with Gasteiger partial charge in [0.25, 0.3) is 0 Å². The minimum Gasteiger partial charge on any atom is -0.293 e. The monoisotopic (exact) mass is 316 g/mol. The van der Waals surface area contributed by atoms with Crippen LogP contribution in [0.3, 0.4) is 0 Å². The zero-order valence-electron chi connectivity index (χ0n) is 13.8. The molecular formula is C20H20N4. The summed E-state index contributed by atoms with van der Waals surface area (Å²) in [6.45, 7) is 4.95. The molecule has 2 aromatic heterocycles. The molecule has 1 aliphatic rings. The molecule has 0 unspecified atom stereocenters. The molecule has 24 heavy (non-hydrogen) atoms. The highest BCUT2D eigenvalue weighted by Gasteiger charge is 2.19. The van der Waals surface area contributed by atoms with E-state index >= 15 is 0 Å². The molecule has 0 saturated carbocycles.